The first-order valence-corrected chi connectivity index (χ1v) is 8.48. The van der Waals surface area contributed by atoms with Crippen molar-refractivity contribution in [3.8, 4) is 12.1 Å². The Kier molecular flexibility index (Phi) is 5.59. The molecule has 0 bridgehead atoms. The van der Waals surface area contributed by atoms with E-state index in [1.165, 1.54) is 5.56 Å². The predicted molar refractivity (Wildman–Crippen MR) is 95.0 cm³/mol. The van der Waals surface area contributed by atoms with Gasteiger partial charge in [-0.1, -0.05) is 12.1 Å². The second kappa shape index (κ2) is 8.06. The van der Waals surface area contributed by atoms with Crippen LogP contribution in [0.3, 0.4) is 0 Å². The number of methoxy groups -OCH3 is 1. The van der Waals surface area contributed by atoms with Crippen molar-refractivity contribution in [1.29, 1.82) is 5.26 Å². The van der Waals surface area contributed by atoms with E-state index in [0.29, 0.717) is 11.6 Å². The Labute approximate surface area is 148 Å². The van der Waals surface area contributed by atoms with Gasteiger partial charge in [-0.3, -0.25) is 9.80 Å². The minimum Gasteiger partial charge on any atom is -0.467 e. The zero-order valence-electron chi connectivity index (χ0n) is 14.8. The fraction of sp³-hybridized carbons (Fsp3) is 0.421. The molecule has 1 saturated heterocycles. The van der Waals surface area contributed by atoms with E-state index in [2.05, 4.69) is 25.8 Å². The lowest BCUT2D eigenvalue weighted by Gasteiger charge is -2.34. The predicted octanol–water partition coefficient (Wildman–Crippen LogP) is 1.98. The summed E-state index contributed by atoms with van der Waals surface area (Å²) in [4.78, 5) is 13.5. The summed E-state index contributed by atoms with van der Waals surface area (Å²) < 4.78 is 5.06. The van der Waals surface area contributed by atoms with Crippen molar-refractivity contribution < 1.29 is 4.74 Å². The smallest absolute Gasteiger partial charge is 0.316 e. The molecule has 130 valence electrons. The zero-order valence-corrected chi connectivity index (χ0v) is 14.8. The quantitative estimate of drug-likeness (QED) is 0.831. The van der Waals surface area contributed by atoms with E-state index in [-0.39, 0.29) is 0 Å². The maximum absolute atomic E-state index is 8.87. The van der Waals surface area contributed by atoms with Gasteiger partial charge < -0.3 is 4.74 Å². The van der Waals surface area contributed by atoms with Crippen LogP contribution < -0.4 is 4.74 Å². The van der Waals surface area contributed by atoms with Gasteiger partial charge in [0.25, 0.3) is 0 Å². The van der Waals surface area contributed by atoms with Gasteiger partial charge in [0.05, 0.1) is 18.7 Å². The Morgan fingerprint density at radius 3 is 2.28 bits per heavy atom. The van der Waals surface area contributed by atoms with Crippen LogP contribution in [0, 0.1) is 18.3 Å². The molecule has 6 nitrogen and oxygen atoms in total. The Bertz CT molecular complexity index is 745. The number of rotatable bonds is 5. The summed E-state index contributed by atoms with van der Waals surface area (Å²) in [7, 11) is 1.58. The highest BCUT2D eigenvalue weighted by Gasteiger charge is 2.18. The summed E-state index contributed by atoms with van der Waals surface area (Å²) in [5, 5.41) is 8.87. The number of ether oxygens (including phenoxy) is 1. The molecule has 25 heavy (non-hydrogen) atoms. The summed E-state index contributed by atoms with van der Waals surface area (Å²) in [5.41, 5.74) is 4.10. The van der Waals surface area contributed by atoms with Crippen molar-refractivity contribution in [2.24, 2.45) is 0 Å². The van der Waals surface area contributed by atoms with Gasteiger partial charge in [0.2, 0.25) is 0 Å². The molecule has 1 aromatic carbocycles. The van der Waals surface area contributed by atoms with E-state index < -0.39 is 0 Å². The molecule has 1 aliphatic heterocycles. The summed E-state index contributed by atoms with van der Waals surface area (Å²) in [6, 6.07) is 10.4. The van der Waals surface area contributed by atoms with E-state index >= 15 is 0 Å². The van der Waals surface area contributed by atoms with Crippen molar-refractivity contribution in [3.05, 3.63) is 52.8 Å². The van der Waals surface area contributed by atoms with Crippen molar-refractivity contribution in [3.63, 3.8) is 0 Å². The van der Waals surface area contributed by atoms with Crippen LogP contribution in [-0.2, 0) is 13.1 Å². The third-order valence-electron chi connectivity index (χ3n) is 4.59. The molecule has 0 atom stereocenters. The monoisotopic (exact) mass is 337 g/mol. The van der Waals surface area contributed by atoms with Gasteiger partial charge in [0.15, 0.2) is 0 Å². The number of piperazine rings is 1. The molecule has 3 rings (SSSR count). The van der Waals surface area contributed by atoms with Gasteiger partial charge in [-0.05, 0) is 24.6 Å². The van der Waals surface area contributed by atoms with Crippen LogP contribution in [0.2, 0.25) is 0 Å². The number of hydrogen-bond acceptors (Lipinski definition) is 6. The Morgan fingerprint density at radius 1 is 1.08 bits per heavy atom. The maximum atomic E-state index is 8.87. The van der Waals surface area contributed by atoms with Gasteiger partial charge in [0, 0.05) is 56.7 Å². The van der Waals surface area contributed by atoms with Gasteiger partial charge in [0.1, 0.15) is 0 Å². The summed E-state index contributed by atoms with van der Waals surface area (Å²) in [5.74, 6) is 0. The van der Waals surface area contributed by atoms with Gasteiger partial charge in [-0.15, -0.1) is 0 Å². The van der Waals surface area contributed by atoms with Crippen LogP contribution >= 0.6 is 0 Å². The van der Waals surface area contributed by atoms with E-state index in [4.69, 9.17) is 10.00 Å². The molecule has 0 unspecified atom stereocenters. The van der Waals surface area contributed by atoms with Crippen LogP contribution in [0.4, 0.5) is 0 Å². The second-order valence-electron chi connectivity index (χ2n) is 6.33. The second-order valence-corrected chi connectivity index (χ2v) is 6.33. The molecule has 6 heteroatoms. The lowest BCUT2D eigenvalue weighted by molar-refractivity contribution is 0.121. The standard InChI is InChI=1S/C19H23N5O/c1-15-18(12-21-19(22-15)25-2)14-24-9-7-23(8-10-24)13-17-5-3-16(11-20)4-6-17/h3-6,12H,7-10,13-14H2,1-2H3. The third-order valence-corrected chi connectivity index (χ3v) is 4.59. The lowest BCUT2D eigenvalue weighted by atomic mass is 10.1. The van der Waals surface area contributed by atoms with E-state index in [1.807, 2.05) is 37.4 Å². The van der Waals surface area contributed by atoms with Crippen LogP contribution in [0.5, 0.6) is 6.01 Å². The normalized spacial score (nSPS) is 15.7. The van der Waals surface area contributed by atoms with Gasteiger partial charge >= 0.3 is 6.01 Å². The highest BCUT2D eigenvalue weighted by atomic mass is 16.5. The first-order chi connectivity index (χ1) is 12.2. The van der Waals surface area contributed by atoms with Gasteiger partial charge in [-0.25, -0.2) is 9.97 Å². The average molecular weight is 337 g/mol. The van der Waals surface area contributed by atoms with Crippen LogP contribution in [0.15, 0.2) is 30.5 Å². The first kappa shape index (κ1) is 17.3. The fourth-order valence-corrected chi connectivity index (χ4v) is 3.01. The lowest BCUT2D eigenvalue weighted by Crippen LogP contribution is -2.45. The molecule has 0 N–H and O–H groups in total. The van der Waals surface area contributed by atoms with Crippen molar-refractivity contribution in [2.45, 2.75) is 20.0 Å². The van der Waals surface area contributed by atoms with Crippen molar-refractivity contribution in [1.82, 2.24) is 19.8 Å². The number of hydrogen-bond donors (Lipinski definition) is 0. The molecule has 1 aliphatic rings. The minimum atomic E-state index is 0.425. The number of nitrogens with zero attached hydrogens (tertiary/aromatic N) is 5. The summed E-state index contributed by atoms with van der Waals surface area (Å²) >= 11 is 0. The molecular formula is C19H23N5O. The highest BCUT2D eigenvalue weighted by Crippen LogP contribution is 2.14. The largest absolute Gasteiger partial charge is 0.467 e. The molecule has 1 fully saturated rings. The van der Waals surface area contributed by atoms with Crippen LogP contribution in [0.1, 0.15) is 22.4 Å². The molecule has 0 radical (unpaired) electrons. The fourth-order valence-electron chi connectivity index (χ4n) is 3.01. The Morgan fingerprint density at radius 2 is 1.72 bits per heavy atom. The number of aromatic nitrogens is 2. The summed E-state index contributed by atoms with van der Waals surface area (Å²) in [6.07, 6.45) is 1.87. The molecule has 0 aliphatic carbocycles. The number of nitriles is 1. The third kappa shape index (κ3) is 4.53. The molecule has 0 saturated carbocycles. The summed E-state index contributed by atoms with van der Waals surface area (Å²) in [6.45, 7) is 7.95. The van der Waals surface area contributed by atoms with Crippen LogP contribution in [-0.4, -0.2) is 53.1 Å². The first-order valence-electron chi connectivity index (χ1n) is 8.48. The average Bonchev–Trinajstić information content (AvgIpc) is 2.65. The topological polar surface area (TPSA) is 65.3 Å². The molecule has 0 spiro atoms. The zero-order chi connectivity index (χ0) is 17.6. The van der Waals surface area contributed by atoms with Crippen molar-refractivity contribution >= 4 is 0 Å². The highest BCUT2D eigenvalue weighted by molar-refractivity contribution is 5.31. The number of benzene rings is 1. The molecule has 2 aromatic rings. The SMILES string of the molecule is COc1ncc(CN2CCN(Cc3ccc(C#N)cc3)CC2)c(C)n1. The molecule has 1 aromatic heterocycles. The maximum Gasteiger partial charge on any atom is 0.316 e. The van der Waals surface area contributed by atoms with E-state index in [0.717, 1.165) is 50.5 Å². The molecule has 2 heterocycles. The minimum absolute atomic E-state index is 0.425. The van der Waals surface area contributed by atoms with Crippen LogP contribution in [0.25, 0.3) is 0 Å². The van der Waals surface area contributed by atoms with E-state index in [9.17, 15) is 0 Å². The van der Waals surface area contributed by atoms with Gasteiger partial charge in [-0.2, -0.15) is 5.26 Å². The Hall–Kier alpha value is -2.49. The molecular weight excluding hydrogens is 314 g/mol. The number of aryl methyl sites for hydroxylation is 1. The van der Waals surface area contributed by atoms with Crippen molar-refractivity contribution in [2.75, 3.05) is 33.3 Å². The Balaban J connectivity index is 1.50. The van der Waals surface area contributed by atoms with E-state index in [1.54, 1.807) is 7.11 Å². The molecule has 0 amide bonds.